The SMILES string of the molecule is O=C(O)CCCCN1CCOCC1c1ccccc1. The molecule has 1 aromatic carbocycles. The largest absolute Gasteiger partial charge is 0.481 e. The van der Waals surface area contributed by atoms with E-state index in [1.165, 1.54) is 5.56 Å². The summed E-state index contributed by atoms with van der Waals surface area (Å²) in [5, 5.41) is 8.65. The van der Waals surface area contributed by atoms with Crippen LogP contribution in [0.3, 0.4) is 0 Å². The topological polar surface area (TPSA) is 49.8 Å². The molecule has 1 saturated heterocycles. The second kappa shape index (κ2) is 7.26. The summed E-state index contributed by atoms with van der Waals surface area (Å²) < 4.78 is 5.58. The molecule has 1 fully saturated rings. The number of ether oxygens (including phenoxy) is 1. The predicted octanol–water partition coefficient (Wildman–Crippen LogP) is 2.31. The number of morpholine rings is 1. The van der Waals surface area contributed by atoms with E-state index in [0.717, 1.165) is 39.1 Å². The Hall–Kier alpha value is -1.39. The zero-order valence-corrected chi connectivity index (χ0v) is 11.1. The van der Waals surface area contributed by atoms with E-state index in [-0.39, 0.29) is 6.42 Å². The van der Waals surface area contributed by atoms with Crippen LogP contribution >= 0.6 is 0 Å². The molecule has 0 saturated carbocycles. The Labute approximate surface area is 114 Å². The molecule has 1 atom stereocenters. The fourth-order valence-electron chi connectivity index (χ4n) is 2.48. The first-order valence-electron chi connectivity index (χ1n) is 6.86. The number of rotatable bonds is 6. The Morgan fingerprint density at radius 3 is 2.84 bits per heavy atom. The molecule has 1 heterocycles. The number of carbonyl (C=O) groups is 1. The summed E-state index contributed by atoms with van der Waals surface area (Å²) in [7, 11) is 0. The first-order valence-corrected chi connectivity index (χ1v) is 6.86. The molecule has 1 aliphatic heterocycles. The van der Waals surface area contributed by atoms with Crippen LogP contribution in [0, 0.1) is 0 Å². The zero-order valence-electron chi connectivity index (χ0n) is 11.1. The Morgan fingerprint density at radius 2 is 2.11 bits per heavy atom. The number of nitrogens with zero attached hydrogens (tertiary/aromatic N) is 1. The minimum Gasteiger partial charge on any atom is -0.481 e. The molecule has 1 aliphatic rings. The fourth-order valence-corrected chi connectivity index (χ4v) is 2.48. The van der Waals surface area contributed by atoms with Gasteiger partial charge in [0.15, 0.2) is 0 Å². The first kappa shape index (κ1) is 14.0. The summed E-state index contributed by atoms with van der Waals surface area (Å²) >= 11 is 0. The van der Waals surface area contributed by atoms with E-state index in [1.807, 2.05) is 18.2 Å². The third-order valence-corrected chi connectivity index (χ3v) is 3.51. The third kappa shape index (κ3) is 4.33. The van der Waals surface area contributed by atoms with Crippen molar-refractivity contribution in [2.24, 2.45) is 0 Å². The minimum absolute atomic E-state index is 0.264. The molecule has 0 aliphatic carbocycles. The monoisotopic (exact) mass is 263 g/mol. The van der Waals surface area contributed by atoms with Crippen molar-refractivity contribution in [3.05, 3.63) is 35.9 Å². The molecule has 0 bridgehead atoms. The van der Waals surface area contributed by atoms with E-state index in [9.17, 15) is 4.79 Å². The standard InChI is InChI=1S/C15H21NO3/c17-15(18)8-4-5-9-16-10-11-19-12-14(16)13-6-2-1-3-7-13/h1-3,6-7,14H,4-5,8-12H2,(H,17,18). The lowest BCUT2D eigenvalue weighted by Crippen LogP contribution is -2.40. The fraction of sp³-hybridized carbons (Fsp3) is 0.533. The van der Waals surface area contributed by atoms with Gasteiger partial charge in [-0.15, -0.1) is 0 Å². The normalized spacial score (nSPS) is 20.3. The molecule has 4 nitrogen and oxygen atoms in total. The van der Waals surface area contributed by atoms with Crippen LogP contribution in [0.25, 0.3) is 0 Å². The van der Waals surface area contributed by atoms with Gasteiger partial charge in [0, 0.05) is 13.0 Å². The van der Waals surface area contributed by atoms with Crippen molar-refractivity contribution in [2.75, 3.05) is 26.3 Å². The molecule has 1 unspecified atom stereocenters. The summed E-state index contributed by atoms with van der Waals surface area (Å²) in [6.45, 7) is 3.36. The van der Waals surface area contributed by atoms with Crippen LogP contribution in [-0.4, -0.2) is 42.3 Å². The van der Waals surface area contributed by atoms with Crippen molar-refractivity contribution in [1.29, 1.82) is 0 Å². The zero-order chi connectivity index (χ0) is 13.5. The van der Waals surface area contributed by atoms with E-state index in [2.05, 4.69) is 17.0 Å². The number of aliphatic carboxylic acids is 1. The molecule has 2 rings (SSSR count). The predicted molar refractivity (Wildman–Crippen MR) is 73.1 cm³/mol. The van der Waals surface area contributed by atoms with E-state index in [1.54, 1.807) is 0 Å². The van der Waals surface area contributed by atoms with Gasteiger partial charge in [0.2, 0.25) is 0 Å². The van der Waals surface area contributed by atoms with Crippen LogP contribution in [0.2, 0.25) is 0 Å². The molecule has 1 N–H and O–H groups in total. The lowest BCUT2D eigenvalue weighted by atomic mass is 10.0. The van der Waals surface area contributed by atoms with Gasteiger partial charge in [0.05, 0.1) is 19.3 Å². The summed E-state index contributed by atoms with van der Waals surface area (Å²) in [4.78, 5) is 12.9. The van der Waals surface area contributed by atoms with Crippen molar-refractivity contribution in [3.8, 4) is 0 Å². The van der Waals surface area contributed by atoms with Gasteiger partial charge < -0.3 is 9.84 Å². The summed E-state index contributed by atoms with van der Waals surface area (Å²) in [6, 6.07) is 10.7. The average molecular weight is 263 g/mol. The van der Waals surface area contributed by atoms with Gasteiger partial charge >= 0.3 is 5.97 Å². The highest BCUT2D eigenvalue weighted by Gasteiger charge is 2.23. The number of benzene rings is 1. The van der Waals surface area contributed by atoms with Crippen molar-refractivity contribution >= 4 is 5.97 Å². The first-order chi connectivity index (χ1) is 9.27. The smallest absolute Gasteiger partial charge is 0.303 e. The highest BCUT2D eigenvalue weighted by Crippen LogP contribution is 2.24. The Bertz CT molecular complexity index is 394. The van der Waals surface area contributed by atoms with Crippen molar-refractivity contribution < 1.29 is 14.6 Å². The Morgan fingerprint density at radius 1 is 1.32 bits per heavy atom. The van der Waals surface area contributed by atoms with Crippen LogP contribution < -0.4 is 0 Å². The Kier molecular flexibility index (Phi) is 5.36. The van der Waals surface area contributed by atoms with Gasteiger partial charge in [-0.25, -0.2) is 0 Å². The van der Waals surface area contributed by atoms with E-state index in [0.29, 0.717) is 6.04 Å². The number of hydrogen-bond donors (Lipinski definition) is 1. The number of unbranched alkanes of at least 4 members (excludes halogenated alkanes) is 1. The van der Waals surface area contributed by atoms with Crippen molar-refractivity contribution in [2.45, 2.75) is 25.3 Å². The lowest BCUT2D eigenvalue weighted by molar-refractivity contribution is -0.137. The summed E-state index contributed by atoms with van der Waals surface area (Å²) in [6.07, 6.45) is 1.93. The van der Waals surface area contributed by atoms with Crippen LogP contribution in [0.15, 0.2) is 30.3 Å². The van der Waals surface area contributed by atoms with Crippen LogP contribution in [0.4, 0.5) is 0 Å². The third-order valence-electron chi connectivity index (χ3n) is 3.51. The number of carboxylic acid groups (broad SMARTS) is 1. The highest BCUT2D eigenvalue weighted by atomic mass is 16.5. The van der Waals surface area contributed by atoms with E-state index < -0.39 is 5.97 Å². The maximum absolute atomic E-state index is 10.5. The molecule has 1 aromatic rings. The van der Waals surface area contributed by atoms with Gasteiger partial charge in [-0.05, 0) is 24.9 Å². The molecule has 0 spiro atoms. The minimum atomic E-state index is -0.707. The Balaban J connectivity index is 1.87. The summed E-state index contributed by atoms with van der Waals surface area (Å²) in [5.41, 5.74) is 1.28. The summed E-state index contributed by atoms with van der Waals surface area (Å²) in [5.74, 6) is -0.707. The molecule has 104 valence electrons. The molecular weight excluding hydrogens is 242 g/mol. The van der Waals surface area contributed by atoms with Crippen LogP contribution in [0.5, 0.6) is 0 Å². The molecule has 0 aromatic heterocycles. The van der Waals surface area contributed by atoms with E-state index in [4.69, 9.17) is 9.84 Å². The lowest BCUT2D eigenvalue weighted by Gasteiger charge is -2.35. The second-order valence-corrected chi connectivity index (χ2v) is 4.89. The van der Waals surface area contributed by atoms with Gasteiger partial charge in [-0.2, -0.15) is 0 Å². The van der Waals surface area contributed by atoms with Crippen molar-refractivity contribution in [1.82, 2.24) is 4.90 Å². The maximum atomic E-state index is 10.5. The van der Waals surface area contributed by atoms with Crippen molar-refractivity contribution in [3.63, 3.8) is 0 Å². The van der Waals surface area contributed by atoms with Crippen LogP contribution in [-0.2, 0) is 9.53 Å². The quantitative estimate of drug-likeness (QED) is 0.800. The highest BCUT2D eigenvalue weighted by molar-refractivity contribution is 5.66. The molecule has 19 heavy (non-hydrogen) atoms. The molecule has 0 amide bonds. The average Bonchev–Trinajstić information content (AvgIpc) is 2.45. The van der Waals surface area contributed by atoms with Gasteiger partial charge in [-0.1, -0.05) is 30.3 Å². The van der Waals surface area contributed by atoms with Gasteiger partial charge in [0.1, 0.15) is 0 Å². The number of carboxylic acids is 1. The molecular formula is C15H21NO3. The maximum Gasteiger partial charge on any atom is 0.303 e. The van der Waals surface area contributed by atoms with Gasteiger partial charge in [0.25, 0.3) is 0 Å². The molecule has 4 heteroatoms. The van der Waals surface area contributed by atoms with Gasteiger partial charge in [-0.3, -0.25) is 9.69 Å². The van der Waals surface area contributed by atoms with Crippen LogP contribution in [0.1, 0.15) is 30.9 Å². The number of hydrogen-bond acceptors (Lipinski definition) is 3. The van der Waals surface area contributed by atoms with E-state index >= 15 is 0 Å². The second-order valence-electron chi connectivity index (χ2n) is 4.89. The molecule has 0 radical (unpaired) electrons.